The maximum atomic E-state index is 8.57. The number of hydrogen-bond donors (Lipinski definition) is 0. The monoisotopic (exact) mass is 488 g/mol. The van der Waals surface area contributed by atoms with Gasteiger partial charge in [0, 0.05) is 0 Å². The van der Waals surface area contributed by atoms with E-state index >= 15 is 0 Å². The average molecular weight is 487 g/mol. The van der Waals surface area contributed by atoms with Crippen LogP contribution < -0.4 is 62.7 Å². The van der Waals surface area contributed by atoms with E-state index in [9.17, 15) is 0 Å². The summed E-state index contributed by atoms with van der Waals surface area (Å²) < 4.78 is 51.4. The molecule has 0 amide bonds. The van der Waals surface area contributed by atoms with E-state index in [0.29, 0.717) is 0 Å². The molecular weight excluding hydrogens is 487 g/mol. The van der Waals surface area contributed by atoms with Crippen molar-refractivity contribution in [1.82, 2.24) is 0 Å². The van der Waals surface area contributed by atoms with Crippen molar-refractivity contribution in [2.75, 3.05) is 0 Å². The van der Waals surface area contributed by atoms with Crippen molar-refractivity contribution < 1.29 is 62.7 Å². The molecule has 0 unspecified atom stereocenters. The van der Waals surface area contributed by atoms with Crippen molar-refractivity contribution in [3.63, 3.8) is 0 Å². The van der Waals surface area contributed by atoms with Gasteiger partial charge in [0.2, 0.25) is 0 Å². The fraction of sp³-hybridized carbons (Fsp3) is 0. The van der Waals surface area contributed by atoms with Gasteiger partial charge in [-0.25, -0.2) is 0 Å². The van der Waals surface area contributed by atoms with Crippen LogP contribution in [-0.4, -0.2) is 48.9 Å². The quantitative estimate of drug-likeness (QED) is 0.246. The van der Waals surface area contributed by atoms with Gasteiger partial charge in [-0.3, -0.25) is 0 Å². The molecule has 0 aliphatic carbocycles. The Kier molecular flexibility index (Phi) is 26.4. The molecule has 0 aliphatic heterocycles. The van der Waals surface area contributed by atoms with E-state index in [4.69, 9.17) is 20.6 Å². The van der Waals surface area contributed by atoms with Gasteiger partial charge < -0.3 is 20.6 Å². The second-order valence-electron chi connectivity index (χ2n) is 0.378. The Bertz CT molecular complexity index is 26.5. The largest absolute Gasteiger partial charge is 2.00 e. The van der Waals surface area contributed by atoms with Gasteiger partial charge >= 0.3 is 48.9 Å². The van der Waals surface area contributed by atoms with Crippen LogP contribution in [0.25, 0.3) is 0 Å². The molecule has 0 saturated heterocycles. The number of hydrogen-bond acceptors (Lipinski definition) is 6. The molecule has 0 fully saturated rings. The molecule has 9 heavy (non-hydrogen) atoms. The van der Waals surface area contributed by atoms with Crippen LogP contribution >= 0.6 is 0 Å². The van der Waals surface area contributed by atoms with Crippen LogP contribution in [0.15, 0.2) is 0 Å². The minimum Gasteiger partial charge on any atom is -0.427 e. The van der Waals surface area contributed by atoms with Crippen molar-refractivity contribution in [2.45, 2.75) is 0 Å². The number of halogens is 2. The Morgan fingerprint density at radius 3 is 0.556 bits per heavy atom. The van der Waals surface area contributed by atoms with Gasteiger partial charge in [0.25, 0.3) is 42.1 Å². The third-order valence-corrected chi connectivity index (χ3v) is 0. The predicted molar refractivity (Wildman–Crippen MR) is 5.75 cm³/mol. The van der Waals surface area contributed by atoms with Gasteiger partial charge in [0.05, 0.1) is 0 Å². The summed E-state index contributed by atoms with van der Waals surface area (Å²) >= 11 is -8.03. The van der Waals surface area contributed by atoms with Crippen LogP contribution in [0.2, 0.25) is 0 Å². The first-order valence-corrected chi connectivity index (χ1v) is 6.21. The minimum atomic E-state index is -4.01. The Morgan fingerprint density at radius 1 is 0.556 bits per heavy atom. The molecule has 9 heteroatoms. The molecule has 0 aromatic heterocycles. The van der Waals surface area contributed by atoms with Crippen LogP contribution in [0.5, 0.6) is 0 Å². The molecule has 0 N–H and O–H groups in total. The summed E-state index contributed by atoms with van der Waals surface area (Å²) in [6.07, 6.45) is 0. The smallest absolute Gasteiger partial charge is 0.427 e. The predicted octanol–water partition coefficient (Wildman–Crippen LogP) is -13.5. The van der Waals surface area contributed by atoms with Crippen molar-refractivity contribution in [2.24, 2.45) is 0 Å². The molecule has 0 aliphatic rings. The summed E-state index contributed by atoms with van der Waals surface area (Å²) in [5.74, 6) is 0. The number of rotatable bonds is 0. The first-order valence-electron chi connectivity index (χ1n) is 0.926. The molecule has 0 heterocycles. The average Bonchev–Trinajstić information content (AvgIpc) is 1.25. The van der Waals surface area contributed by atoms with Crippen molar-refractivity contribution in [3.8, 4) is 0 Å². The molecule has 0 aromatic carbocycles. The van der Waals surface area contributed by atoms with E-state index in [2.05, 4.69) is 0 Å². The molecule has 6 nitrogen and oxygen atoms in total. The van der Waals surface area contributed by atoms with Crippen molar-refractivity contribution in [3.05, 3.63) is 0 Å². The van der Waals surface area contributed by atoms with Gasteiger partial charge in [-0.05, 0) is 0 Å². The van der Waals surface area contributed by atoms with Gasteiger partial charge in [0.15, 0.2) is 0 Å². The van der Waals surface area contributed by atoms with Crippen LogP contribution in [0, 0.1) is 0 Å². The Balaban J connectivity index is -0.0000000720. The zero-order valence-corrected chi connectivity index (χ0v) is 12.7. The van der Waals surface area contributed by atoms with Gasteiger partial charge in [0.1, 0.15) is 0 Å². The maximum absolute atomic E-state index is 8.57. The fourth-order valence-electron chi connectivity index (χ4n) is 0. The molecule has 52 valence electrons. The molecular formula is BaI2O6. The Hall–Kier alpha value is 2.79. The maximum Gasteiger partial charge on any atom is 2.00 e. The Morgan fingerprint density at radius 2 is 0.556 bits per heavy atom. The first kappa shape index (κ1) is 17.8. The summed E-state index contributed by atoms with van der Waals surface area (Å²) in [6.45, 7) is 0. The summed E-state index contributed by atoms with van der Waals surface area (Å²) in [6, 6.07) is 0. The molecule has 0 saturated carbocycles. The van der Waals surface area contributed by atoms with Gasteiger partial charge in [-0.1, -0.05) is 0 Å². The van der Waals surface area contributed by atoms with E-state index < -0.39 is 42.1 Å². The second-order valence-corrected chi connectivity index (χ2v) is 2.54. The Labute approximate surface area is 109 Å². The first-order chi connectivity index (χ1) is 3.46. The van der Waals surface area contributed by atoms with Gasteiger partial charge in [-0.15, -0.1) is 0 Å². The molecule has 0 spiro atoms. The van der Waals surface area contributed by atoms with E-state index in [1.54, 1.807) is 0 Å². The summed E-state index contributed by atoms with van der Waals surface area (Å²) in [5, 5.41) is 0. The van der Waals surface area contributed by atoms with Crippen molar-refractivity contribution in [1.29, 1.82) is 0 Å². The third kappa shape index (κ3) is 107. The van der Waals surface area contributed by atoms with Gasteiger partial charge in [-0.2, -0.15) is 0 Å². The molecule has 0 rings (SSSR count). The van der Waals surface area contributed by atoms with Crippen molar-refractivity contribution >= 4 is 48.9 Å². The van der Waals surface area contributed by atoms with Crippen LogP contribution in [0.3, 0.4) is 0 Å². The SMILES string of the molecule is [Ba+2].[O-][I+2]([O-])[O-].[O-][I+2]([O-])[O-]. The fourth-order valence-corrected chi connectivity index (χ4v) is 0. The third-order valence-electron chi connectivity index (χ3n) is 0. The standard InChI is InChI=1S/Ba.2IO3/c;2*2-1(3)4/q+2;2*-1. The topological polar surface area (TPSA) is 138 Å². The summed E-state index contributed by atoms with van der Waals surface area (Å²) in [5.41, 5.74) is 0. The van der Waals surface area contributed by atoms with E-state index in [1.807, 2.05) is 0 Å². The van der Waals surface area contributed by atoms with E-state index in [0.717, 1.165) is 0 Å². The van der Waals surface area contributed by atoms with Crippen LogP contribution in [0.1, 0.15) is 0 Å². The molecule has 0 atom stereocenters. The summed E-state index contributed by atoms with van der Waals surface area (Å²) in [4.78, 5) is 0. The zero-order valence-electron chi connectivity index (χ0n) is 3.91. The van der Waals surface area contributed by atoms with E-state index in [-0.39, 0.29) is 48.9 Å². The molecule has 0 aromatic rings. The molecule has 0 radical (unpaired) electrons. The van der Waals surface area contributed by atoms with Crippen LogP contribution in [0.4, 0.5) is 0 Å². The normalized spacial score (nSPS) is 8.00. The minimum absolute atomic E-state index is 0. The second kappa shape index (κ2) is 13.4. The summed E-state index contributed by atoms with van der Waals surface area (Å²) in [7, 11) is 0. The molecule has 0 bridgehead atoms. The zero-order chi connectivity index (χ0) is 7.15. The van der Waals surface area contributed by atoms with E-state index in [1.165, 1.54) is 0 Å². The van der Waals surface area contributed by atoms with Crippen LogP contribution in [-0.2, 0) is 0 Å².